The van der Waals surface area contributed by atoms with Crippen molar-refractivity contribution in [1.82, 2.24) is 30.3 Å². The SMILES string of the molecule is CC(=O)N[C@H]1CCN(c2nc(O[C@@H](C)C(F)(F)F)nc3nn(Cc4ccccc4C(F)(F)F)nc23)C1. The van der Waals surface area contributed by atoms with Gasteiger partial charge < -0.3 is 15.0 Å². The van der Waals surface area contributed by atoms with Crippen LogP contribution in [0.3, 0.4) is 0 Å². The predicted molar refractivity (Wildman–Crippen MR) is 114 cm³/mol. The number of halogens is 6. The Bertz CT molecular complexity index is 1260. The van der Waals surface area contributed by atoms with Crippen molar-refractivity contribution in [3.63, 3.8) is 0 Å². The lowest BCUT2D eigenvalue weighted by atomic mass is 10.1. The maximum atomic E-state index is 13.4. The minimum atomic E-state index is -4.68. The maximum absolute atomic E-state index is 13.4. The van der Waals surface area contributed by atoms with E-state index in [1.165, 1.54) is 25.1 Å². The molecule has 4 rings (SSSR count). The third-order valence-electron chi connectivity index (χ3n) is 5.53. The monoisotopic (exact) mass is 517 g/mol. The fourth-order valence-electron chi connectivity index (χ4n) is 3.83. The minimum absolute atomic E-state index is 0.0787. The molecule has 0 radical (unpaired) electrons. The zero-order valence-electron chi connectivity index (χ0n) is 19.1. The molecule has 9 nitrogen and oxygen atoms in total. The number of benzene rings is 1. The van der Waals surface area contributed by atoms with E-state index in [0.29, 0.717) is 13.0 Å². The zero-order valence-corrected chi connectivity index (χ0v) is 19.1. The van der Waals surface area contributed by atoms with Crippen molar-refractivity contribution in [3.8, 4) is 6.01 Å². The van der Waals surface area contributed by atoms with E-state index in [1.54, 1.807) is 4.90 Å². The van der Waals surface area contributed by atoms with Crippen molar-refractivity contribution >= 4 is 22.9 Å². The maximum Gasteiger partial charge on any atom is 0.425 e. The smallest absolute Gasteiger partial charge is 0.425 e. The van der Waals surface area contributed by atoms with Crippen LogP contribution in [0, 0.1) is 0 Å². The average Bonchev–Trinajstić information content (AvgIpc) is 3.38. The van der Waals surface area contributed by atoms with Gasteiger partial charge in [-0.15, -0.1) is 10.2 Å². The second-order valence-electron chi connectivity index (χ2n) is 8.32. The summed E-state index contributed by atoms with van der Waals surface area (Å²) in [7, 11) is 0. The first-order valence-corrected chi connectivity index (χ1v) is 10.8. The molecule has 194 valence electrons. The van der Waals surface area contributed by atoms with Gasteiger partial charge in [-0.1, -0.05) is 18.2 Å². The summed E-state index contributed by atoms with van der Waals surface area (Å²) in [6.07, 6.45) is -11.0. The Hall–Kier alpha value is -3.65. The van der Waals surface area contributed by atoms with Gasteiger partial charge in [-0.3, -0.25) is 4.79 Å². The highest BCUT2D eigenvalue weighted by atomic mass is 19.4. The van der Waals surface area contributed by atoms with Crippen LogP contribution in [0.2, 0.25) is 0 Å². The van der Waals surface area contributed by atoms with Crippen LogP contribution in [-0.2, 0) is 17.5 Å². The number of fused-ring (bicyclic) bond motifs is 1. The lowest BCUT2D eigenvalue weighted by molar-refractivity contribution is -0.190. The number of nitrogens with zero attached hydrogens (tertiary/aromatic N) is 6. The van der Waals surface area contributed by atoms with Gasteiger partial charge in [-0.2, -0.15) is 41.1 Å². The van der Waals surface area contributed by atoms with Crippen molar-refractivity contribution in [2.45, 2.75) is 51.3 Å². The zero-order chi connectivity index (χ0) is 26.3. The van der Waals surface area contributed by atoms with Crippen molar-refractivity contribution in [1.29, 1.82) is 0 Å². The summed E-state index contributed by atoms with van der Waals surface area (Å²) in [5.41, 5.74) is -1.03. The predicted octanol–water partition coefficient (Wildman–Crippen LogP) is 3.33. The van der Waals surface area contributed by atoms with Gasteiger partial charge in [-0.05, 0) is 25.0 Å². The molecule has 3 aromatic rings. The van der Waals surface area contributed by atoms with E-state index in [4.69, 9.17) is 4.74 Å². The topological polar surface area (TPSA) is 98.1 Å². The van der Waals surface area contributed by atoms with Crippen LogP contribution in [-0.4, -0.2) is 62.3 Å². The van der Waals surface area contributed by atoms with E-state index in [0.717, 1.165) is 17.8 Å². The molecule has 1 fully saturated rings. The Balaban J connectivity index is 1.72. The molecule has 1 amide bonds. The van der Waals surface area contributed by atoms with Crippen molar-refractivity contribution in [2.24, 2.45) is 0 Å². The third kappa shape index (κ3) is 5.60. The summed E-state index contributed by atoms with van der Waals surface area (Å²) in [5, 5.41) is 11.1. The number of carbonyl (C=O) groups is 1. The number of anilines is 1. The molecule has 0 unspecified atom stereocenters. The fourth-order valence-corrected chi connectivity index (χ4v) is 3.83. The second kappa shape index (κ2) is 9.43. The average molecular weight is 517 g/mol. The van der Waals surface area contributed by atoms with Crippen molar-refractivity contribution in [3.05, 3.63) is 35.4 Å². The molecule has 36 heavy (non-hydrogen) atoms. The molecule has 3 heterocycles. The van der Waals surface area contributed by atoms with Gasteiger partial charge in [0.15, 0.2) is 17.4 Å². The highest BCUT2D eigenvalue weighted by Gasteiger charge is 2.39. The Morgan fingerprint density at radius 1 is 1.17 bits per heavy atom. The van der Waals surface area contributed by atoms with Crippen molar-refractivity contribution < 1.29 is 35.9 Å². The number of aromatic nitrogens is 5. The largest absolute Gasteiger partial charge is 0.451 e. The first-order chi connectivity index (χ1) is 16.8. The molecule has 1 aliphatic rings. The van der Waals surface area contributed by atoms with Crippen LogP contribution in [0.1, 0.15) is 31.4 Å². The number of hydrogen-bond acceptors (Lipinski definition) is 7. The Labute approximate surface area is 200 Å². The Morgan fingerprint density at radius 2 is 1.89 bits per heavy atom. The molecule has 1 aliphatic heterocycles. The second-order valence-corrected chi connectivity index (χ2v) is 8.32. The van der Waals surface area contributed by atoms with Gasteiger partial charge in [0, 0.05) is 26.1 Å². The molecule has 15 heteroatoms. The summed E-state index contributed by atoms with van der Waals surface area (Å²) in [4.78, 5) is 22.1. The van der Waals surface area contributed by atoms with Crippen molar-refractivity contribution in [2.75, 3.05) is 18.0 Å². The van der Waals surface area contributed by atoms with Crippen LogP contribution in [0.5, 0.6) is 6.01 Å². The summed E-state index contributed by atoms with van der Waals surface area (Å²) >= 11 is 0. The van der Waals surface area contributed by atoms with E-state index in [-0.39, 0.29) is 47.6 Å². The number of nitrogens with one attached hydrogen (secondary N) is 1. The van der Waals surface area contributed by atoms with Gasteiger partial charge in [-0.25, -0.2) is 0 Å². The third-order valence-corrected chi connectivity index (χ3v) is 5.53. The first kappa shape index (κ1) is 25.4. The van der Waals surface area contributed by atoms with E-state index in [1.807, 2.05) is 0 Å². The number of carbonyl (C=O) groups excluding carboxylic acids is 1. The van der Waals surface area contributed by atoms with E-state index < -0.39 is 30.0 Å². The highest BCUT2D eigenvalue weighted by molar-refractivity contribution is 5.83. The van der Waals surface area contributed by atoms with Crippen LogP contribution in [0.25, 0.3) is 11.2 Å². The van der Waals surface area contributed by atoms with Gasteiger partial charge in [0.1, 0.15) is 0 Å². The highest BCUT2D eigenvalue weighted by Crippen LogP contribution is 2.33. The number of hydrogen-bond donors (Lipinski definition) is 1. The molecular weight excluding hydrogens is 496 g/mol. The normalized spacial score (nSPS) is 17.4. The summed E-state index contributed by atoms with van der Waals surface area (Å²) in [5.74, 6) is -0.139. The fraction of sp³-hybridized carbons (Fsp3) is 0.476. The van der Waals surface area contributed by atoms with Gasteiger partial charge >= 0.3 is 18.4 Å². The van der Waals surface area contributed by atoms with Crippen LogP contribution in [0.4, 0.5) is 32.2 Å². The first-order valence-electron chi connectivity index (χ1n) is 10.8. The molecular formula is C21H21F6N7O2. The molecule has 1 N–H and O–H groups in total. The molecule has 0 spiro atoms. The summed E-state index contributed by atoms with van der Waals surface area (Å²) < 4.78 is 84.3. The number of amides is 1. The van der Waals surface area contributed by atoms with Gasteiger partial charge in [0.2, 0.25) is 11.6 Å². The molecule has 0 saturated carbocycles. The van der Waals surface area contributed by atoms with E-state index >= 15 is 0 Å². The van der Waals surface area contributed by atoms with E-state index in [9.17, 15) is 31.1 Å². The number of rotatable bonds is 6. The molecule has 2 atom stereocenters. The van der Waals surface area contributed by atoms with Crippen LogP contribution < -0.4 is 15.0 Å². The standard InChI is InChI=1S/C21H21F6N7O2/c1-11(20(22,23)24)36-19-29-17-16(18(30-19)33-8-7-14(10-33)28-12(2)35)31-34(32-17)9-13-5-3-4-6-15(13)21(25,26)27/h3-6,11,14H,7-10H2,1-2H3,(H,28,35)/t11-,14-/m0/s1. The molecule has 1 saturated heterocycles. The summed E-state index contributed by atoms with van der Waals surface area (Å²) in [6.45, 7) is 2.45. The summed E-state index contributed by atoms with van der Waals surface area (Å²) in [6, 6.07) is 4.07. The van der Waals surface area contributed by atoms with Crippen LogP contribution in [0.15, 0.2) is 24.3 Å². The Kier molecular flexibility index (Phi) is 6.66. The van der Waals surface area contributed by atoms with E-state index in [2.05, 4.69) is 25.5 Å². The molecule has 0 aliphatic carbocycles. The molecule has 1 aromatic carbocycles. The minimum Gasteiger partial charge on any atom is -0.451 e. The quantitative estimate of drug-likeness (QED) is 0.501. The van der Waals surface area contributed by atoms with Gasteiger partial charge in [0.25, 0.3) is 0 Å². The molecule has 2 aromatic heterocycles. The Morgan fingerprint density at radius 3 is 2.56 bits per heavy atom. The number of alkyl halides is 6. The molecule has 0 bridgehead atoms. The van der Waals surface area contributed by atoms with Crippen LogP contribution >= 0.6 is 0 Å². The lowest BCUT2D eigenvalue weighted by Gasteiger charge is -2.20. The lowest BCUT2D eigenvalue weighted by Crippen LogP contribution is -2.36. The van der Waals surface area contributed by atoms with Gasteiger partial charge in [0.05, 0.1) is 12.1 Å². The number of ether oxygens (including phenoxy) is 1.